The van der Waals surface area contributed by atoms with Crippen LogP contribution >= 0.6 is 0 Å². The summed E-state index contributed by atoms with van der Waals surface area (Å²) < 4.78 is 0. The molecule has 12 rings (SSSR count). The van der Waals surface area contributed by atoms with Crippen molar-refractivity contribution in [2.75, 3.05) is 0 Å². The predicted octanol–water partition coefficient (Wildman–Crippen LogP) is 21.6. The van der Waals surface area contributed by atoms with Crippen LogP contribution in [0.2, 0.25) is 0 Å². The minimum Gasteiger partial charge on any atom is -0.872 e. The van der Waals surface area contributed by atoms with Crippen LogP contribution in [0.25, 0.3) is 0 Å². The van der Waals surface area contributed by atoms with E-state index in [-0.39, 0.29) is 88.0 Å². The second kappa shape index (κ2) is 32.0. The third-order valence-electron chi connectivity index (χ3n) is 21.5. The van der Waals surface area contributed by atoms with E-state index in [1.807, 2.05) is 121 Å². The van der Waals surface area contributed by atoms with E-state index in [0.717, 1.165) is 66.8 Å². The third-order valence-corrected chi connectivity index (χ3v) is 21.5. The molecule has 0 spiro atoms. The number of hydrogen-bond donors (Lipinski definition) is 0. The van der Waals surface area contributed by atoms with Gasteiger partial charge in [0, 0.05) is 43.3 Å². The Morgan fingerprint density at radius 2 is 0.267 bits per heavy atom. The molecular formula is C96H100O4Ti. The van der Waals surface area contributed by atoms with Gasteiger partial charge in [0.05, 0.1) is 0 Å². The van der Waals surface area contributed by atoms with Crippen molar-refractivity contribution in [2.24, 2.45) is 0 Å². The molecule has 0 heterocycles. The molecule has 512 valence electrons. The average molecular weight is 1370 g/mol. The van der Waals surface area contributed by atoms with Gasteiger partial charge in [-0.25, -0.2) is 0 Å². The molecule has 0 saturated heterocycles. The molecule has 0 N–H and O–H groups in total. The Labute approximate surface area is 619 Å². The van der Waals surface area contributed by atoms with Crippen molar-refractivity contribution in [3.05, 3.63) is 404 Å². The van der Waals surface area contributed by atoms with Gasteiger partial charge in [0.15, 0.2) is 0 Å². The maximum Gasteiger partial charge on any atom is 4.00 e. The summed E-state index contributed by atoms with van der Waals surface area (Å²) in [6, 6.07) is 106. The first-order chi connectivity index (χ1) is 47.3. The molecule has 4 nitrogen and oxygen atoms in total. The van der Waals surface area contributed by atoms with Crippen LogP contribution in [0.15, 0.2) is 315 Å². The fourth-order valence-corrected chi connectivity index (χ4v) is 13.8. The van der Waals surface area contributed by atoms with E-state index in [1.165, 1.54) is 22.3 Å². The second-order valence-electron chi connectivity index (χ2n) is 30.8. The molecule has 0 amide bonds. The zero-order valence-electron chi connectivity index (χ0n) is 62.2. The molecule has 0 radical (unpaired) electrons. The van der Waals surface area contributed by atoms with Crippen molar-refractivity contribution in [3.8, 4) is 23.0 Å². The van der Waals surface area contributed by atoms with Crippen LogP contribution in [-0.4, -0.2) is 0 Å². The normalized spacial score (nSPS) is 12.0. The van der Waals surface area contributed by atoms with Gasteiger partial charge in [0.2, 0.25) is 0 Å². The smallest absolute Gasteiger partial charge is 0.872 e. The quantitative estimate of drug-likeness (QED) is 0.0901. The fraction of sp³-hybridized carbons (Fsp3) is 0.250. The van der Waals surface area contributed by atoms with Crippen molar-refractivity contribution in [1.82, 2.24) is 0 Å². The number of benzene rings is 12. The number of rotatable bonds is 16. The van der Waals surface area contributed by atoms with Gasteiger partial charge in [0.25, 0.3) is 0 Å². The van der Waals surface area contributed by atoms with E-state index >= 15 is 0 Å². The third kappa shape index (κ3) is 17.3. The van der Waals surface area contributed by atoms with Crippen LogP contribution in [0.4, 0.5) is 0 Å². The topological polar surface area (TPSA) is 92.2 Å². The minimum absolute atomic E-state index is 0. The zero-order valence-corrected chi connectivity index (χ0v) is 63.7. The second-order valence-corrected chi connectivity index (χ2v) is 30.8. The summed E-state index contributed by atoms with van der Waals surface area (Å²) in [4.78, 5) is 0. The Morgan fingerprint density at radius 3 is 0.396 bits per heavy atom. The first kappa shape index (κ1) is 77.3. The standard InChI is InChI=1S/4C24H26O.Ti/c4*1-23(2,18-11-7-5-8-12-18)20-15-16-22(25)21(17-20)24(3,4)19-13-9-6-10-14-19;/h4*5-17,25H,1-4H3;/q;;;;+4/p-4. The van der Waals surface area contributed by atoms with Gasteiger partial charge >= 0.3 is 21.7 Å². The summed E-state index contributed by atoms with van der Waals surface area (Å²) in [6.45, 7) is 34.7. The van der Waals surface area contributed by atoms with Crippen LogP contribution in [0.1, 0.15) is 200 Å². The Kier molecular flexibility index (Phi) is 24.5. The molecule has 0 aliphatic carbocycles. The molecule has 0 aliphatic rings. The largest absolute Gasteiger partial charge is 4.00 e. The van der Waals surface area contributed by atoms with Crippen molar-refractivity contribution < 1.29 is 42.1 Å². The molecule has 0 saturated carbocycles. The Bertz CT molecular complexity index is 3990. The van der Waals surface area contributed by atoms with Gasteiger partial charge in [0.1, 0.15) is 0 Å². The van der Waals surface area contributed by atoms with Crippen LogP contribution in [0.5, 0.6) is 23.0 Å². The first-order valence-corrected chi connectivity index (χ1v) is 35.1. The summed E-state index contributed by atoms with van der Waals surface area (Å²) in [7, 11) is 0. The summed E-state index contributed by atoms with van der Waals surface area (Å²) in [5.74, 6) is 0.394. The van der Waals surface area contributed by atoms with Crippen molar-refractivity contribution in [1.29, 1.82) is 0 Å². The molecule has 0 aliphatic heterocycles. The van der Waals surface area contributed by atoms with Crippen molar-refractivity contribution >= 4 is 0 Å². The molecule has 0 bridgehead atoms. The monoisotopic (exact) mass is 1360 g/mol. The van der Waals surface area contributed by atoms with Crippen molar-refractivity contribution in [2.45, 2.75) is 154 Å². The summed E-state index contributed by atoms with van der Waals surface area (Å²) in [5.41, 5.74) is 15.7. The molecule has 12 aromatic rings. The van der Waals surface area contributed by atoms with Gasteiger partial charge in [-0.1, -0.05) is 426 Å². The maximum absolute atomic E-state index is 12.7. The summed E-state index contributed by atoms with van der Waals surface area (Å²) in [6.07, 6.45) is 0. The van der Waals surface area contributed by atoms with E-state index in [0.29, 0.717) is 0 Å². The van der Waals surface area contributed by atoms with Gasteiger partial charge in [-0.15, -0.1) is 23.0 Å². The van der Waals surface area contributed by atoms with Gasteiger partial charge < -0.3 is 20.4 Å². The van der Waals surface area contributed by atoms with Crippen LogP contribution < -0.4 is 20.4 Å². The molecule has 0 fully saturated rings. The Balaban J connectivity index is 0.000000171. The molecular weight excluding hydrogens is 1260 g/mol. The number of hydrogen-bond acceptors (Lipinski definition) is 4. The van der Waals surface area contributed by atoms with E-state index in [9.17, 15) is 20.4 Å². The van der Waals surface area contributed by atoms with E-state index in [2.05, 4.69) is 281 Å². The van der Waals surface area contributed by atoms with Crippen molar-refractivity contribution in [3.63, 3.8) is 0 Å². The predicted molar refractivity (Wildman–Crippen MR) is 412 cm³/mol. The fourth-order valence-electron chi connectivity index (χ4n) is 13.8. The molecule has 12 aromatic carbocycles. The van der Waals surface area contributed by atoms with Crippen LogP contribution in [0, 0.1) is 0 Å². The van der Waals surface area contributed by atoms with Crippen LogP contribution in [-0.2, 0) is 65.0 Å². The Hall–Kier alpha value is -9.45. The molecule has 0 atom stereocenters. The van der Waals surface area contributed by atoms with E-state index in [4.69, 9.17) is 0 Å². The zero-order chi connectivity index (χ0) is 72.3. The maximum atomic E-state index is 12.7. The molecule has 5 heteroatoms. The first-order valence-electron chi connectivity index (χ1n) is 35.1. The van der Waals surface area contributed by atoms with Gasteiger partial charge in [-0.05, 0) is 89.0 Å². The molecule has 0 unspecified atom stereocenters. The van der Waals surface area contributed by atoms with E-state index in [1.54, 1.807) is 24.3 Å². The average Bonchev–Trinajstić information content (AvgIpc) is 0.787. The minimum atomic E-state index is -0.332. The van der Waals surface area contributed by atoms with Crippen LogP contribution in [0.3, 0.4) is 0 Å². The van der Waals surface area contributed by atoms with Gasteiger partial charge in [-0.2, -0.15) is 0 Å². The summed E-state index contributed by atoms with van der Waals surface area (Å²) >= 11 is 0. The SMILES string of the molecule is CC(C)(c1ccccc1)c1ccc([O-])c(C(C)(C)c2ccccc2)c1.CC(C)(c1ccccc1)c1ccc([O-])c(C(C)(C)c2ccccc2)c1.CC(C)(c1ccccc1)c1ccc([O-])c(C(C)(C)c2ccccc2)c1.CC(C)(c1ccccc1)c1ccc([O-])c(C(C)(C)c2ccccc2)c1.[Ti+4]. The Morgan fingerprint density at radius 1 is 0.149 bits per heavy atom. The van der Waals surface area contributed by atoms with Gasteiger partial charge in [-0.3, -0.25) is 0 Å². The van der Waals surface area contributed by atoms with E-state index < -0.39 is 0 Å². The summed E-state index contributed by atoms with van der Waals surface area (Å²) in [5, 5.41) is 50.6. The molecule has 101 heavy (non-hydrogen) atoms. The molecule has 0 aromatic heterocycles.